The van der Waals surface area contributed by atoms with Crippen molar-refractivity contribution < 1.29 is 13.6 Å². The molecular formula is C17H15FN2O3. The first-order valence-corrected chi connectivity index (χ1v) is 7.27. The number of H-pyrrole nitrogens is 1. The number of nitrogens with one attached hydrogen (secondary N) is 2. The molecule has 1 heterocycles. The van der Waals surface area contributed by atoms with Crippen LogP contribution < -0.4 is 11.1 Å². The fraction of sp³-hybridized carbons (Fsp3) is 0.176. The van der Waals surface area contributed by atoms with E-state index in [1.807, 2.05) is 0 Å². The van der Waals surface area contributed by atoms with Crippen LogP contribution in [0.15, 0.2) is 51.7 Å². The number of amides is 1. The maximum atomic E-state index is 12.8. The maximum Gasteiger partial charge on any atom is 0.417 e. The Bertz CT molecular complexity index is 881. The van der Waals surface area contributed by atoms with E-state index < -0.39 is 5.76 Å². The van der Waals surface area contributed by atoms with E-state index in [1.165, 1.54) is 12.1 Å². The fourth-order valence-electron chi connectivity index (χ4n) is 2.35. The molecule has 0 aliphatic rings. The highest BCUT2D eigenvalue weighted by molar-refractivity contribution is 5.92. The van der Waals surface area contributed by atoms with Crippen LogP contribution in [0.4, 0.5) is 10.1 Å². The highest BCUT2D eigenvalue weighted by atomic mass is 19.1. The lowest BCUT2D eigenvalue weighted by atomic mass is 10.1. The molecule has 0 bridgehead atoms. The van der Waals surface area contributed by atoms with Crippen molar-refractivity contribution >= 4 is 22.7 Å². The molecule has 0 aliphatic carbocycles. The van der Waals surface area contributed by atoms with Gasteiger partial charge in [-0.25, -0.2) is 9.18 Å². The van der Waals surface area contributed by atoms with E-state index in [0.29, 0.717) is 36.0 Å². The first-order chi connectivity index (χ1) is 11.1. The Labute approximate surface area is 131 Å². The first kappa shape index (κ1) is 15.0. The van der Waals surface area contributed by atoms with Crippen molar-refractivity contribution in [2.75, 3.05) is 5.32 Å². The number of aromatic amines is 1. The van der Waals surface area contributed by atoms with Crippen LogP contribution in [-0.4, -0.2) is 10.9 Å². The normalized spacial score (nSPS) is 10.8. The molecule has 3 rings (SSSR count). The first-order valence-electron chi connectivity index (χ1n) is 7.27. The summed E-state index contributed by atoms with van der Waals surface area (Å²) in [5, 5.41) is 2.76. The second-order valence-corrected chi connectivity index (χ2v) is 5.25. The minimum Gasteiger partial charge on any atom is -0.408 e. The van der Waals surface area contributed by atoms with Gasteiger partial charge in [-0.3, -0.25) is 9.78 Å². The molecule has 23 heavy (non-hydrogen) atoms. The minimum atomic E-state index is -0.525. The third kappa shape index (κ3) is 3.85. The highest BCUT2D eigenvalue weighted by Crippen LogP contribution is 2.16. The van der Waals surface area contributed by atoms with Crippen molar-refractivity contribution in [2.45, 2.75) is 19.3 Å². The molecule has 2 N–H and O–H groups in total. The summed E-state index contributed by atoms with van der Waals surface area (Å²) in [4.78, 5) is 25.5. The number of carbonyl (C=O) groups excluding carboxylic acids is 1. The Hall–Kier alpha value is -2.89. The van der Waals surface area contributed by atoms with Gasteiger partial charge in [-0.05, 0) is 42.7 Å². The summed E-state index contributed by atoms with van der Waals surface area (Å²) in [5.41, 5.74) is 2.56. The zero-order valence-corrected chi connectivity index (χ0v) is 12.3. The van der Waals surface area contributed by atoms with Crippen molar-refractivity contribution in [3.05, 3.63) is 64.4 Å². The molecule has 5 nitrogen and oxygen atoms in total. The van der Waals surface area contributed by atoms with Crippen LogP contribution in [0.3, 0.4) is 0 Å². The number of aryl methyl sites for hydroxylation is 1. The minimum absolute atomic E-state index is 0.121. The lowest BCUT2D eigenvalue weighted by Gasteiger charge is -2.05. The van der Waals surface area contributed by atoms with E-state index in [2.05, 4.69) is 10.3 Å². The average Bonchev–Trinajstić information content (AvgIpc) is 2.88. The Morgan fingerprint density at radius 1 is 1.17 bits per heavy atom. The van der Waals surface area contributed by atoms with Gasteiger partial charge >= 0.3 is 5.76 Å². The summed E-state index contributed by atoms with van der Waals surface area (Å²) in [6, 6.07) is 11.2. The van der Waals surface area contributed by atoms with Gasteiger partial charge in [0.05, 0.1) is 5.52 Å². The van der Waals surface area contributed by atoms with E-state index >= 15 is 0 Å². The smallest absolute Gasteiger partial charge is 0.408 e. The van der Waals surface area contributed by atoms with Crippen molar-refractivity contribution in [3.63, 3.8) is 0 Å². The molecule has 0 saturated heterocycles. The van der Waals surface area contributed by atoms with Crippen LogP contribution in [0.5, 0.6) is 0 Å². The molecule has 0 aliphatic heterocycles. The summed E-state index contributed by atoms with van der Waals surface area (Å²) in [5.74, 6) is -0.912. The number of rotatable bonds is 5. The van der Waals surface area contributed by atoms with Gasteiger partial charge in [0, 0.05) is 18.2 Å². The molecule has 6 heteroatoms. The molecule has 0 unspecified atom stereocenters. The Balaban J connectivity index is 1.53. The number of oxazole rings is 1. The molecule has 1 aromatic heterocycles. The van der Waals surface area contributed by atoms with Gasteiger partial charge in [-0.2, -0.15) is 0 Å². The topological polar surface area (TPSA) is 75.1 Å². The molecule has 118 valence electrons. The van der Waals surface area contributed by atoms with E-state index in [-0.39, 0.29) is 11.7 Å². The summed E-state index contributed by atoms with van der Waals surface area (Å²) < 4.78 is 17.7. The summed E-state index contributed by atoms with van der Waals surface area (Å²) in [6.07, 6.45) is 1.73. The number of halogens is 1. The van der Waals surface area contributed by atoms with Crippen molar-refractivity contribution in [1.29, 1.82) is 0 Å². The third-order valence-electron chi connectivity index (χ3n) is 3.49. The van der Waals surface area contributed by atoms with Gasteiger partial charge in [0.2, 0.25) is 5.91 Å². The summed E-state index contributed by atoms with van der Waals surface area (Å²) in [7, 11) is 0. The molecule has 0 spiro atoms. The predicted octanol–water partition coefficient (Wildman–Crippen LogP) is 3.22. The van der Waals surface area contributed by atoms with Crippen LogP contribution in [0, 0.1) is 5.82 Å². The van der Waals surface area contributed by atoms with Crippen LogP contribution in [-0.2, 0) is 11.2 Å². The zero-order valence-electron chi connectivity index (χ0n) is 12.3. The van der Waals surface area contributed by atoms with E-state index in [0.717, 1.165) is 5.56 Å². The van der Waals surface area contributed by atoms with Crippen LogP contribution >= 0.6 is 0 Å². The molecule has 0 fully saturated rings. The lowest BCUT2D eigenvalue weighted by Crippen LogP contribution is -2.11. The van der Waals surface area contributed by atoms with Gasteiger partial charge in [-0.1, -0.05) is 12.1 Å². The Morgan fingerprint density at radius 2 is 1.96 bits per heavy atom. The molecule has 0 saturated carbocycles. The average molecular weight is 314 g/mol. The summed E-state index contributed by atoms with van der Waals surface area (Å²) in [6.45, 7) is 0. The zero-order chi connectivity index (χ0) is 16.2. The maximum absolute atomic E-state index is 12.8. The van der Waals surface area contributed by atoms with Gasteiger partial charge in [0.15, 0.2) is 5.58 Å². The van der Waals surface area contributed by atoms with Gasteiger partial charge in [0.1, 0.15) is 5.82 Å². The van der Waals surface area contributed by atoms with E-state index in [4.69, 9.17) is 4.42 Å². The number of hydrogen-bond acceptors (Lipinski definition) is 3. The molecule has 3 aromatic rings. The van der Waals surface area contributed by atoms with Crippen LogP contribution in [0.1, 0.15) is 18.4 Å². The molecular weight excluding hydrogens is 299 g/mol. The van der Waals surface area contributed by atoms with Crippen molar-refractivity contribution in [1.82, 2.24) is 4.98 Å². The standard InChI is InChI=1S/C17H15FN2O3/c18-12-6-4-11(5-7-12)2-1-3-16(21)19-13-8-9-14-15(10-13)23-17(22)20-14/h4-10H,1-3H2,(H,19,21)(H,20,22). The third-order valence-corrected chi connectivity index (χ3v) is 3.49. The van der Waals surface area contributed by atoms with Crippen molar-refractivity contribution in [3.8, 4) is 0 Å². The molecule has 2 aromatic carbocycles. The van der Waals surface area contributed by atoms with Gasteiger partial charge in [-0.15, -0.1) is 0 Å². The molecule has 1 amide bonds. The lowest BCUT2D eigenvalue weighted by molar-refractivity contribution is -0.116. The number of fused-ring (bicyclic) bond motifs is 1. The van der Waals surface area contributed by atoms with E-state index in [9.17, 15) is 14.0 Å². The SMILES string of the molecule is O=C(CCCc1ccc(F)cc1)Nc1ccc2[nH]c(=O)oc2c1. The summed E-state index contributed by atoms with van der Waals surface area (Å²) >= 11 is 0. The van der Waals surface area contributed by atoms with E-state index in [1.54, 1.807) is 30.3 Å². The quantitative estimate of drug-likeness (QED) is 0.759. The van der Waals surface area contributed by atoms with Crippen molar-refractivity contribution in [2.24, 2.45) is 0 Å². The van der Waals surface area contributed by atoms with Gasteiger partial charge < -0.3 is 9.73 Å². The monoisotopic (exact) mass is 314 g/mol. The second-order valence-electron chi connectivity index (χ2n) is 5.25. The molecule has 0 atom stereocenters. The number of anilines is 1. The Kier molecular flexibility index (Phi) is 4.23. The van der Waals surface area contributed by atoms with Crippen LogP contribution in [0.2, 0.25) is 0 Å². The predicted molar refractivity (Wildman–Crippen MR) is 84.8 cm³/mol. The number of aromatic nitrogens is 1. The number of carbonyl (C=O) groups is 1. The second kappa shape index (κ2) is 6.48. The van der Waals surface area contributed by atoms with Gasteiger partial charge in [0.25, 0.3) is 0 Å². The largest absolute Gasteiger partial charge is 0.417 e. The highest BCUT2D eigenvalue weighted by Gasteiger charge is 2.06. The number of hydrogen-bond donors (Lipinski definition) is 2. The van der Waals surface area contributed by atoms with Crippen LogP contribution in [0.25, 0.3) is 11.1 Å². The number of benzene rings is 2. The Morgan fingerprint density at radius 3 is 2.74 bits per heavy atom. The fourth-order valence-corrected chi connectivity index (χ4v) is 2.35. The molecule has 0 radical (unpaired) electrons.